The summed E-state index contributed by atoms with van der Waals surface area (Å²) >= 11 is 0. The van der Waals surface area contributed by atoms with Crippen molar-refractivity contribution in [3.63, 3.8) is 0 Å². The fourth-order valence-corrected chi connectivity index (χ4v) is 2.25. The first-order valence-electron chi connectivity index (χ1n) is 5.62. The van der Waals surface area contributed by atoms with Crippen LogP contribution in [-0.2, 0) is 14.3 Å². The number of imide groups is 1. The largest absolute Gasteiger partial charge is 0.403 e. The van der Waals surface area contributed by atoms with Gasteiger partial charge in [0.15, 0.2) is 0 Å². The molecule has 2 fully saturated rings. The second-order valence-corrected chi connectivity index (χ2v) is 4.38. The Morgan fingerprint density at radius 3 is 2.22 bits per heavy atom. The summed E-state index contributed by atoms with van der Waals surface area (Å²) in [5, 5.41) is 2.34. The van der Waals surface area contributed by atoms with Crippen molar-refractivity contribution >= 4 is 11.8 Å². The molecule has 2 unspecified atom stereocenters. The molecular formula is C10H13F3N2O3. The highest BCUT2D eigenvalue weighted by Gasteiger charge is 2.44. The smallest absolute Gasteiger partial charge is 0.362 e. The van der Waals surface area contributed by atoms with Gasteiger partial charge in [0, 0.05) is 6.54 Å². The molecule has 0 aromatic carbocycles. The fourth-order valence-electron chi connectivity index (χ4n) is 2.25. The zero-order valence-electron chi connectivity index (χ0n) is 9.50. The van der Waals surface area contributed by atoms with Crippen LogP contribution in [0.2, 0.25) is 0 Å². The van der Waals surface area contributed by atoms with Crippen LogP contribution in [0.5, 0.6) is 0 Å². The number of rotatable bonds is 1. The summed E-state index contributed by atoms with van der Waals surface area (Å²) in [6, 6.07) is -2.06. The van der Waals surface area contributed by atoms with Crippen LogP contribution in [0.15, 0.2) is 0 Å². The molecule has 0 saturated carbocycles. The Bertz CT molecular complexity index is 335. The standard InChI is InChI=1S/C10H13F3N2O3/c11-10(12,13)7-2-1-6(3-14-7)15-8(16)4-18-5-9(15)17/h6-7,14H,1-5H2. The molecule has 2 heterocycles. The molecule has 2 saturated heterocycles. The van der Waals surface area contributed by atoms with Crippen molar-refractivity contribution in [2.45, 2.75) is 31.1 Å². The third-order valence-electron chi connectivity index (χ3n) is 3.14. The number of hydrogen-bond acceptors (Lipinski definition) is 4. The molecule has 2 aliphatic heterocycles. The van der Waals surface area contributed by atoms with Crippen LogP contribution in [0.3, 0.4) is 0 Å². The molecule has 2 rings (SSSR count). The van der Waals surface area contributed by atoms with Crippen LogP contribution in [0.4, 0.5) is 13.2 Å². The molecular weight excluding hydrogens is 253 g/mol. The zero-order valence-corrected chi connectivity index (χ0v) is 9.50. The minimum atomic E-state index is -4.29. The second-order valence-electron chi connectivity index (χ2n) is 4.38. The average Bonchev–Trinajstić information content (AvgIpc) is 2.28. The predicted octanol–water partition coefficient (Wildman–Crippen LogP) is 0.0547. The number of morpholine rings is 1. The van der Waals surface area contributed by atoms with Gasteiger partial charge in [0.2, 0.25) is 0 Å². The van der Waals surface area contributed by atoms with Gasteiger partial charge in [-0.3, -0.25) is 14.5 Å². The maximum absolute atomic E-state index is 12.4. The van der Waals surface area contributed by atoms with E-state index in [0.29, 0.717) is 0 Å². The Hall–Kier alpha value is -1.15. The third kappa shape index (κ3) is 2.64. The van der Waals surface area contributed by atoms with E-state index in [0.717, 1.165) is 4.90 Å². The normalized spacial score (nSPS) is 30.7. The van der Waals surface area contributed by atoms with Crippen LogP contribution < -0.4 is 5.32 Å². The van der Waals surface area contributed by atoms with Crippen LogP contribution in [-0.4, -0.2) is 54.7 Å². The molecule has 0 bridgehead atoms. The van der Waals surface area contributed by atoms with Crippen molar-refractivity contribution in [3.05, 3.63) is 0 Å². The van der Waals surface area contributed by atoms with Crippen LogP contribution in [0.1, 0.15) is 12.8 Å². The van der Waals surface area contributed by atoms with Gasteiger partial charge in [0.05, 0.1) is 6.04 Å². The molecule has 0 aromatic heterocycles. The quantitative estimate of drug-likeness (QED) is 0.682. The lowest BCUT2D eigenvalue weighted by atomic mass is 9.98. The van der Waals surface area contributed by atoms with E-state index in [1.54, 1.807) is 0 Å². The van der Waals surface area contributed by atoms with Gasteiger partial charge >= 0.3 is 6.18 Å². The van der Waals surface area contributed by atoms with E-state index in [4.69, 9.17) is 4.74 Å². The first-order valence-corrected chi connectivity index (χ1v) is 5.62. The van der Waals surface area contributed by atoms with E-state index in [-0.39, 0.29) is 32.6 Å². The molecule has 1 N–H and O–H groups in total. The molecule has 0 spiro atoms. The highest BCUT2D eigenvalue weighted by molar-refractivity contribution is 5.98. The van der Waals surface area contributed by atoms with Crippen molar-refractivity contribution in [3.8, 4) is 0 Å². The van der Waals surface area contributed by atoms with Gasteiger partial charge in [-0.1, -0.05) is 0 Å². The number of halogens is 3. The summed E-state index contributed by atoms with van der Waals surface area (Å²) in [5.41, 5.74) is 0. The summed E-state index contributed by atoms with van der Waals surface area (Å²) in [5.74, 6) is -0.966. The number of nitrogens with one attached hydrogen (secondary N) is 1. The monoisotopic (exact) mass is 266 g/mol. The number of amides is 2. The second kappa shape index (κ2) is 4.85. The Kier molecular flexibility index (Phi) is 3.58. The lowest BCUT2D eigenvalue weighted by molar-refractivity contribution is -0.169. The van der Waals surface area contributed by atoms with Crippen molar-refractivity contribution in [1.29, 1.82) is 0 Å². The van der Waals surface area contributed by atoms with Gasteiger partial charge in [-0.25, -0.2) is 0 Å². The molecule has 8 heteroatoms. The maximum Gasteiger partial charge on any atom is 0.403 e. The SMILES string of the molecule is O=C1COCC(=O)N1C1CCC(C(F)(F)F)NC1. The Morgan fingerprint density at radius 2 is 1.78 bits per heavy atom. The molecule has 2 aliphatic rings. The minimum Gasteiger partial charge on any atom is -0.362 e. The molecule has 0 aliphatic carbocycles. The summed E-state index contributed by atoms with van der Waals surface area (Å²) < 4.78 is 42.1. The molecule has 5 nitrogen and oxygen atoms in total. The number of alkyl halides is 3. The van der Waals surface area contributed by atoms with E-state index >= 15 is 0 Å². The topological polar surface area (TPSA) is 58.6 Å². The number of nitrogens with zero attached hydrogens (tertiary/aromatic N) is 1. The number of carbonyl (C=O) groups excluding carboxylic acids is 2. The highest BCUT2D eigenvalue weighted by atomic mass is 19.4. The fraction of sp³-hybridized carbons (Fsp3) is 0.800. The van der Waals surface area contributed by atoms with Gasteiger partial charge in [-0.2, -0.15) is 13.2 Å². The highest BCUT2D eigenvalue weighted by Crippen LogP contribution is 2.27. The van der Waals surface area contributed by atoms with Crippen molar-refractivity contribution < 1.29 is 27.5 Å². The Balaban J connectivity index is 1.97. The number of ether oxygens (including phenoxy) is 1. The van der Waals surface area contributed by atoms with Gasteiger partial charge in [0.1, 0.15) is 19.3 Å². The van der Waals surface area contributed by atoms with Gasteiger partial charge in [0.25, 0.3) is 11.8 Å². The zero-order chi connectivity index (χ0) is 13.3. The van der Waals surface area contributed by atoms with Gasteiger partial charge in [-0.05, 0) is 12.8 Å². The summed E-state index contributed by atoms with van der Waals surface area (Å²) in [7, 11) is 0. The molecule has 0 aromatic rings. The van der Waals surface area contributed by atoms with E-state index in [1.165, 1.54) is 0 Å². The number of carbonyl (C=O) groups is 2. The van der Waals surface area contributed by atoms with Crippen LogP contribution in [0, 0.1) is 0 Å². The maximum atomic E-state index is 12.4. The van der Waals surface area contributed by atoms with E-state index in [2.05, 4.69) is 5.32 Å². The third-order valence-corrected chi connectivity index (χ3v) is 3.14. The molecule has 0 radical (unpaired) electrons. The predicted molar refractivity (Wildman–Crippen MR) is 53.5 cm³/mol. The molecule has 18 heavy (non-hydrogen) atoms. The average molecular weight is 266 g/mol. The Morgan fingerprint density at radius 1 is 1.17 bits per heavy atom. The first-order chi connectivity index (χ1) is 8.39. The van der Waals surface area contributed by atoms with Gasteiger partial charge in [-0.15, -0.1) is 0 Å². The minimum absolute atomic E-state index is 0.0261. The molecule has 2 amide bonds. The lowest BCUT2D eigenvalue weighted by Gasteiger charge is -2.38. The number of piperidine rings is 1. The summed E-state index contributed by atoms with van der Waals surface area (Å²) in [6.45, 7) is -0.405. The van der Waals surface area contributed by atoms with Crippen LogP contribution >= 0.6 is 0 Å². The summed E-state index contributed by atoms with van der Waals surface area (Å²) in [4.78, 5) is 24.1. The lowest BCUT2D eigenvalue weighted by Crippen LogP contribution is -2.59. The van der Waals surface area contributed by atoms with E-state index < -0.39 is 30.1 Å². The van der Waals surface area contributed by atoms with Crippen molar-refractivity contribution in [2.24, 2.45) is 0 Å². The van der Waals surface area contributed by atoms with E-state index in [9.17, 15) is 22.8 Å². The van der Waals surface area contributed by atoms with Crippen LogP contribution in [0.25, 0.3) is 0 Å². The Labute approximate surface area is 101 Å². The molecule has 2 atom stereocenters. The first kappa shape index (κ1) is 13.3. The van der Waals surface area contributed by atoms with Gasteiger partial charge < -0.3 is 10.1 Å². The molecule has 102 valence electrons. The van der Waals surface area contributed by atoms with Crippen molar-refractivity contribution in [2.75, 3.05) is 19.8 Å². The summed E-state index contributed by atoms with van der Waals surface area (Å²) in [6.07, 6.45) is -4.26. The number of hydrogen-bond donors (Lipinski definition) is 1. The van der Waals surface area contributed by atoms with E-state index in [1.807, 2.05) is 0 Å². The van der Waals surface area contributed by atoms with Crippen molar-refractivity contribution in [1.82, 2.24) is 10.2 Å².